The monoisotopic (exact) mass is 437 g/mol. The molecule has 8 heteroatoms. The van der Waals surface area contributed by atoms with Gasteiger partial charge in [0.15, 0.2) is 0 Å². The topological polar surface area (TPSA) is 72.3 Å². The van der Waals surface area contributed by atoms with E-state index >= 15 is 0 Å². The highest BCUT2D eigenvalue weighted by Gasteiger charge is 2.43. The van der Waals surface area contributed by atoms with Gasteiger partial charge in [-0.2, -0.15) is 0 Å². The summed E-state index contributed by atoms with van der Waals surface area (Å²) in [7, 11) is 0. The van der Waals surface area contributed by atoms with Crippen LogP contribution in [0.25, 0.3) is 0 Å². The zero-order chi connectivity index (χ0) is 21.0. The number of hydrogen-bond donors (Lipinski definition) is 1. The van der Waals surface area contributed by atoms with E-state index in [4.69, 9.17) is 4.74 Å². The third-order valence-corrected chi connectivity index (χ3v) is 7.22. The molecule has 1 aromatic carbocycles. The van der Waals surface area contributed by atoms with E-state index in [0.29, 0.717) is 25.1 Å². The number of carbonyl (C=O) groups excluding carboxylic acids is 1. The first-order chi connectivity index (χ1) is 15.2. The average Bonchev–Trinajstić information content (AvgIpc) is 3.49. The second-order valence-electron chi connectivity index (χ2n) is 8.37. The number of fused-ring (bicyclic) bond motifs is 3. The molecule has 0 radical (unpaired) electrons. The molecule has 162 valence electrons. The Hall–Kier alpha value is -2.71. The molecule has 1 N–H and O–H groups in total. The summed E-state index contributed by atoms with van der Waals surface area (Å²) >= 11 is 1.68. The minimum atomic E-state index is 0.0931. The number of hydrogen-bond acceptors (Lipinski definition) is 6. The molecule has 4 unspecified atom stereocenters. The molecule has 7 nitrogen and oxygen atoms in total. The van der Waals surface area contributed by atoms with Crippen LogP contribution in [0.3, 0.4) is 0 Å². The number of benzene rings is 1. The molecule has 3 aromatic rings. The smallest absolute Gasteiger partial charge is 0.224 e. The predicted octanol–water partition coefficient (Wildman–Crippen LogP) is 2.95. The van der Waals surface area contributed by atoms with Crippen LogP contribution in [0.2, 0.25) is 0 Å². The molecule has 0 spiro atoms. The van der Waals surface area contributed by atoms with E-state index in [1.54, 1.807) is 11.3 Å². The lowest BCUT2D eigenvalue weighted by Crippen LogP contribution is -2.57. The lowest BCUT2D eigenvalue weighted by atomic mass is 9.75. The number of piperidine rings is 3. The quantitative estimate of drug-likeness (QED) is 0.587. The Morgan fingerprint density at radius 1 is 1.23 bits per heavy atom. The molecule has 4 atom stereocenters. The first-order valence-corrected chi connectivity index (χ1v) is 11.7. The SMILES string of the molecule is O=C(NCc1cccs1)C1CN2CCC1CC2Cn1cc(COc2ccccc2)nn1. The second kappa shape index (κ2) is 9.20. The molecule has 1 amide bonds. The summed E-state index contributed by atoms with van der Waals surface area (Å²) in [5, 5.41) is 13.7. The van der Waals surface area contributed by atoms with Gasteiger partial charge in [0.1, 0.15) is 18.1 Å². The van der Waals surface area contributed by atoms with Crippen molar-refractivity contribution in [2.45, 2.75) is 38.6 Å². The standard InChI is InChI=1S/C23H27N5O2S/c29-23(24-12-21-7-4-10-31-21)22-15-27-9-8-17(22)11-19(27)14-28-13-18(25-26-28)16-30-20-5-2-1-3-6-20/h1-7,10,13,17,19,22H,8-9,11-12,14-16H2,(H,24,29). The molecule has 3 aliphatic rings. The van der Waals surface area contributed by atoms with Crippen LogP contribution < -0.4 is 10.1 Å². The number of rotatable bonds is 8. The summed E-state index contributed by atoms with van der Waals surface area (Å²) < 4.78 is 7.68. The van der Waals surface area contributed by atoms with Crippen LogP contribution in [-0.2, 0) is 24.5 Å². The van der Waals surface area contributed by atoms with Gasteiger partial charge in [-0.3, -0.25) is 14.4 Å². The van der Waals surface area contributed by atoms with E-state index in [0.717, 1.165) is 43.9 Å². The lowest BCUT2D eigenvalue weighted by Gasteiger charge is -2.49. The molecule has 3 fully saturated rings. The van der Waals surface area contributed by atoms with Crippen molar-refractivity contribution in [3.05, 3.63) is 64.6 Å². The third kappa shape index (κ3) is 4.80. The van der Waals surface area contributed by atoms with E-state index in [1.807, 2.05) is 52.7 Å². The molecule has 2 aromatic heterocycles. The molecule has 2 bridgehead atoms. The average molecular weight is 438 g/mol. The minimum absolute atomic E-state index is 0.0931. The van der Waals surface area contributed by atoms with Crippen LogP contribution in [0.4, 0.5) is 0 Å². The largest absolute Gasteiger partial charge is 0.487 e. The molecule has 3 saturated heterocycles. The highest BCUT2D eigenvalue weighted by Crippen LogP contribution is 2.37. The van der Waals surface area contributed by atoms with Crippen molar-refractivity contribution in [2.24, 2.45) is 11.8 Å². The fraction of sp³-hybridized carbons (Fsp3) is 0.435. The molecule has 31 heavy (non-hydrogen) atoms. The van der Waals surface area contributed by atoms with Crippen molar-refractivity contribution in [3.8, 4) is 5.75 Å². The van der Waals surface area contributed by atoms with Gasteiger partial charge >= 0.3 is 0 Å². The van der Waals surface area contributed by atoms with Gasteiger partial charge < -0.3 is 10.1 Å². The van der Waals surface area contributed by atoms with E-state index in [9.17, 15) is 4.79 Å². The van der Waals surface area contributed by atoms with Gasteiger partial charge in [-0.1, -0.05) is 29.5 Å². The van der Waals surface area contributed by atoms with Crippen LogP contribution in [-0.4, -0.2) is 44.9 Å². The molecular formula is C23H27N5O2S. The Bertz CT molecular complexity index is 991. The van der Waals surface area contributed by atoms with Crippen molar-refractivity contribution in [3.63, 3.8) is 0 Å². The summed E-state index contributed by atoms with van der Waals surface area (Å²) in [6, 6.07) is 14.2. The summed E-state index contributed by atoms with van der Waals surface area (Å²) in [4.78, 5) is 16.4. The number of aromatic nitrogens is 3. The van der Waals surface area contributed by atoms with Gasteiger partial charge in [-0.05, 0) is 48.9 Å². The van der Waals surface area contributed by atoms with Crippen LogP contribution in [0.1, 0.15) is 23.4 Å². The van der Waals surface area contributed by atoms with Crippen LogP contribution in [0.5, 0.6) is 5.75 Å². The number of amides is 1. The summed E-state index contributed by atoms with van der Waals surface area (Å²) in [6.07, 6.45) is 4.10. The van der Waals surface area contributed by atoms with E-state index in [1.165, 1.54) is 4.88 Å². The summed E-state index contributed by atoms with van der Waals surface area (Å²) in [6.45, 7) is 3.74. The van der Waals surface area contributed by atoms with E-state index < -0.39 is 0 Å². The third-order valence-electron chi connectivity index (χ3n) is 6.35. The van der Waals surface area contributed by atoms with Crippen molar-refractivity contribution in [1.29, 1.82) is 0 Å². The Labute approximate surface area is 186 Å². The first-order valence-electron chi connectivity index (χ1n) is 10.9. The number of carbonyl (C=O) groups is 1. The summed E-state index contributed by atoms with van der Waals surface area (Å²) in [5.41, 5.74) is 0.825. The van der Waals surface area contributed by atoms with Gasteiger partial charge in [0.05, 0.1) is 25.2 Å². The van der Waals surface area contributed by atoms with Gasteiger partial charge in [0.25, 0.3) is 0 Å². The Morgan fingerprint density at radius 3 is 2.90 bits per heavy atom. The maximum absolute atomic E-state index is 12.8. The molecule has 0 saturated carbocycles. The molecule has 6 rings (SSSR count). The molecule has 3 aliphatic heterocycles. The number of thiophene rings is 1. The molecule has 5 heterocycles. The van der Waals surface area contributed by atoms with Gasteiger partial charge in [-0.15, -0.1) is 16.4 Å². The zero-order valence-corrected chi connectivity index (χ0v) is 18.2. The first kappa shape index (κ1) is 20.2. The maximum Gasteiger partial charge on any atom is 0.224 e. The van der Waals surface area contributed by atoms with Gasteiger partial charge in [0.2, 0.25) is 5.91 Å². The second-order valence-corrected chi connectivity index (χ2v) is 9.40. The molecule has 0 aliphatic carbocycles. The minimum Gasteiger partial charge on any atom is -0.487 e. The number of ether oxygens (including phenoxy) is 1. The number of nitrogens with one attached hydrogen (secondary N) is 1. The Morgan fingerprint density at radius 2 is 2.13 bits per heavy atom. The fourth-order valence-corrected chi connectivity index (χ4v) is 5.37. The van der Waals surface area contributed by atoms with E-state index in [-0.39, 0.29) is 11.8 Å². The predicted molar refractivity (Wildman–Crippen MR) is 119 cm³/mol. The normalized spacial score (nSPS) is 24.8. The van der Waals surface area contributed by atoms with Crippen molar-refractivity contribution in [1.82, 2.24) is 25.2 Å². The van der Waals surface area contributed by atoms with Crippen molar-refractivity contribution in [2.75, 3.05) is 13.1 Å². The van der Waals surface area contributed by atoms with Gasteiger partial charge in [-0.25, -0.2) is 0 Å². The summed E-state index contributed by atoms with van der Waals surface area (Å²) in [5.74, 6) is 1.57. The van der Waals surface area contributed by atoms with Crippen molar-refractivity contribution < 1.29 is 9.53 Å². The van der Waals surface area contributed by atoms with Crippen LogP contribution in [0, 0.1) is 11.8 Å². The number of para-hydroxylation sites is 1. The van der Waals surface area contributed by atoms with Crippen LogP contribution in [0.15, 0.2) is 54.0 Å². The van der Waals surface area contributed by atoms with Crippen molar-refractivity contribution >= 4 is 17.2 Å². The van der Waals surface area contributed by atoms with Crippen LogP contribution >= 0.6 is 11.3 Å². The lowest BCUT2D eigenvalue weighted by molar-refractivity contribution is -0.133. The Kier molecular flexibility index (Phi) is 5.99. The Balaban J connectivity index is 1.13. The molecular weight excluding hydrogens is 410 g/mol. The highest BCUT2D eigenvalue weighted by molar-refractivity contribution is 7.09. The maximum atomic E-state index is 12.8. The number of nitrogens with zero attached hydrogens (tertiary/aromatic N) is 4. The highest BCUT2D eigenvalue weighted by atomic mass is 32.1. The van der Waals surface area contributed by atoms with Gasteiger partial charge in [0, 0.05) is 17.5 Å². The van der Waals surface area contributed by atoms with E-state index in [2.05, 4.69) is 26.6 Å². The fourth-order valence-electron chi connectivity index (χ4n) is 4.73. The zero-order valence-electron chi connectivity index (χ0n) is 17.4.